The molecular weight excluding hydrogens is 216 g/mol. The number of carbonyl (C=O) groups excluding carboxylic acids is 1. The van der Waals surface area contributed by atoms with Crippen molar-refractivity contribution in [2.24, 2.45) is 5.73 Å². The largest absolute Gasteiger partial charge is 0.424 e. The fraction of sp³-hybridized carbons (Fsp3) is 0.308. The molecule has 0 bridgehead atoms. The summed E-state index contributed by atoms with van der Waals surface area (Å²) in [5.41, 5.74) is 7.78. The van der Waals surface area contributed by atoms with Crippen LogP contribution in [0.3, 0.4) is 0 Å². The number of para-hydroxylation sites is 1. The number of aromatic amines is 1. The molecule has 1 aromatic heterocycles. The molecule has 0 aliphatic rings. The number of benzene rings is 1. The second kappa shape index (κ2) is 4.59. The molecule has 1 atom stereocenters. The van der Waals surface area contributed by atoms with Gasteiger partial charge in [-0.15, -0.1) is 0 Å². The third kappa shape index (κ3) is 2.47. The number of hydrogen-bond donors (Lipinski definition) is 2. The van der Waals surface area contributed by atoms with Gasteiger partial charge in [-0.1, -0.05) is 12.1 Å². The summed E-state index contributed by atoms with van der Waals surface area (Å²) in [5, 5.41) is 1.06. The fourth-order valence-electron chi connectivity index (χ4n) is 1.94. The van der Waals surface area contributed by atoms with Crippen LogP contribution in [-0.2, 0) is 11.2 Å². The maximum atomic E-state index is 11.0. The topological polar surface area (TPSA) is 68.1 Å². The first-order chi connectivity index (χ1) is 8.08. The van der Waals surface area contributed by atoms with Crippen molar-refractivity contribution in [1.82, 2.24) is 4.98 Å². The molecule has 90 valence electrons. The molecule has 0 fully saturated rings. The lowest BCUT2D eigenvalue weighted by atomic mass is 10.1. The van der Waals surface area contributed by atoms with E-state index in [0.717, 1.165) is 22.9 Å². The highest BCUT2D eigenvalue weighted by atomic mass is 16.5. The highest BCUT2D eigenvalue weighted by Crippen LogP contribution is 2.27. The average molecular weight is 232 g/mol. The van der Waals surface area contributed by atoms with Gasteiger partial charge in [-0.25, -0.2) is 0 Å². The quantitative estimate of drug-likeness (QED) is 0.628. The maximum absolute atomic E-state index is 11.0. The number of hydrogen-bond acceptors (Lipinski definition) is 3. The molecule has 0 aliphatic carbocycles. The van der Waals surface area contributed by atoms with Crippen molar-refractivity contribution >= 4 is 16.9 Å². The van der Waals surface area contributed by atoms with E-state index in [0.29, 0.717) is 5.75 Å². The molecule has 4 heteroatoms. The van der Waals surface area contributed by atoms with Crippen molar-refractivity contribution < 1.29 is 9.53 Å². The number of ether oxygens (including phenoxy) is 1. The predicted octanol–water partition coefficient (Wildman–Crippen LogP) is 1.98. The van der Waals surface area contributed by atoms with Crippen molar-refractivity contribution in [3.05, 3.63) is 30.0 Å². The third-order valence-corrected chi connectivity index (χ3v) is 2.56. The summed E-state index contributed by atoms with van der Waals surface area (Å²) in [6.07, 6.45) is 2.71. The van der Waals surface area contributed by atoms with E-state index in [4.69, 9.17) is 10.5 Å². The van der Waals surface area contributed by atoms with Gasteiger partial charge >= 0.3 is 5.97 Å². The molecule has 4 nitrogen and oxygen atoms in total. The molecule has 0 saturated carbocycles. The van der Waals surface area contributed by atoms with Crippen molar-refractivity contribution in [1.29, 1.82) is 0 Å². The monoisotopic (exact) mass is 232 g/mol. The maximum Gasteiger partial charge on any atom is 0.308 e. The molecule has 2 aromatic rings. The van der Waals surface area contributed by atoms with Crippen LogP contribution >= 0.6 is 0 Å². The lowest BCUT2D eigenvalue weighted by molar-refractivity contribution is -0.131. The van der Waals surface area contributed by atoms with Gasteiger partial charge in [-0.2, -0.15) is 0 Å². The van der Waals surface area contributed by atoms with Gasteiger partial charge in [-0.05, 0) is 25.0 Å². The van der Waals surface area contributed by atoms with E-state index in [-0.39, 0.29) is 12.0 Å². The average Bonchev–Trinajstić information content (AvgIpc) is 2.61. The fourth-order valence-corrected chi connectivity index (χ4v) is 1.94. The van der Waals surface area contributed by atoms with E-state index in [1.165, 1.54) is 6.92 Å². The van der Waals surface area contributed by atoms with Gasteiger partial charge in [0.15, 0.2) is 5.75 Å². The highest BCUT2D eigenvalue weighted by molar-refractivity contribution is 5.90. The summed E-state index contributed by atoms with van der Waals surface area (Å²) in [5.74, 6) is 0.242. The van der Waals surface area contributed by atoms with Crippen LogP contribution in [0.4, 0.5) is 0 Å². The summed E-state index contributed by atoms with van der Waals surface area (Å²) in [6, 6.07) is 5.75. The lowest BCUT2D eigenvalue weighted by Crippen LogP contribution is -2.17. The van der Waals surface area contributed by atoms with Gasteiger partial charge in [0.1, 0.15) is 0 Å². The standard InChI is InChI=1S/C13H16N2O2/c1-8(14)6-10-7-15-13-11(10)4-3-5-12(13)17-9(2)16/h3-5,7-8,15H,6,14H2,1-2H3/t8-/m1/s1. The van der Waals surface area contributed by atoms with Crippen molar-refractivity contribution in [3.63, 3.8) is 0 Å². The van der Waals surface area contributed by atoms with Crippen LogP contribution in [0.5, 0.6) is 5.75 Å². The number of aromatic nitrogens is 1. The Morgan fingerprint density at radius 1 is 1.53 bits per heavy atom. The minimum Gasteiger partial charge on any atom is -0.424 e. The van der Waals surface area contributed by atoms with Gasteiger partial charge in [-0.3, -0.25) is 4.79 Å². The van der Waals surface area contributed by atoms with E-state index in [9.17, 15) is 4.79 Å². The SMILES string of the molecule is CC(=O)Oc1cccc2c(C[C@@H](C)N)c[nH]c12. The molecule has 17 heavy (non-hydrogen) atoms. The van der Waals surface area contributed by atoms with Gasteiger partial charge in [0.2, 0.25) is 0 Å². The van der Waals surface area contributed by atoms with Crippen molar-refractivity contribution in [2.75, 3.05) is 0 Å². The van der Waals surface area contributed by atoms with Crippen LogP contribution < -0.4 is 10.5 Å². The van der Waals surface area contributed by atoms with E-state index in [1.807, 2.05) is 25.3 Å². The minimum atomic E-state index is -0.319. The zero-order valence-corrected chi connectivity index (χ0v) is 9.99. The van der Waals surface area contributed by atoms with Crippen LogP contribution in [0, 0.1) is 0 Å². The Hall–Kier alpha value is -1.81. The van der Waals surface area contributed by atoms with E-state index < -0.39 is 0 Å². The van der Waals surface area contributed by atoms with Crippen LogP contribution in [-0.4, -0.2) is 17.0 Å². The number of carbonyl (C=O) groups is 1. The summed E-state index contributed by atoms with van der Waals surface area (Å²) in [7, 11) is 0. The Morgan fingerprint density at radius 2 is 2.29 bits per heavy atom. The molecule has 1 heterocycles. The van der Waals surface area contributed by atoms with Crippen LogP contribution in [0.25, 0.3) is 10.9 Å². The van der Waals surface area contributed by atoms with Crippen LogP contribution in [0.2, 0.25) is 0 Å². The molecular formula is C13H16N2O2. The van der Waals surface area contributed by atoms with Crippen molar-refractivity contribution in [2.45, 2.75) is 26.3 Å². The number of esters is 1. The molecule has 1 aromatic carbocycles. The van der Waals surface area contributed by atoms with Crippen LogP contribution in [0.15, 0.2) is 24.4 Å². The minimum absolute atomic E-state index is 0.103. The predicted molar refractivity (Wildman–Crippen MR) is 67.0 cm³/mol. The van der Waals surface area contributed by atoms with E-state index in [1.54, 1.807) is 6.07 Å². The summed E-state index contributed by atoms with van der Waals surface area (Å²) < 4.78 is 5.14. The Labute approximate surface area is 99.8 Å². The Balaban J connectivity index is 2.45. The molecule has 0 radical (unpaired) electrons. The first-order valence-corrected chi connectivity index (χ1v) is 5.61. The summed E-state index contributed by atoms with van der Waals surface area (Å²) in [6.45, 7) is 3.36. The van der Waals surface area contributed by atoms with E-state index >= 15 is 0 Å². The van der Waals surface area contributed by atoms with E-state index in [2.05, 4.69) is 4.98 Å². The second-order valence-electron chi connectivity index (χ2n) is 4.27. The van der Waals surface area contributed by atoms with Gasteiger partial charge < -0.3 is 15.5 Å². The molecule has 3 N–H and O–H groups in total. The first kappa shape index (κ1) is 11.7. The zero-order chi connectivity index (χ0) is 12.4. The van der Waals surface area contributed by atoms with Gasteiger partial charge in [0.25, 0.3) is 0 Å². The normalized spacial score (nSPS) is 12.6. The smallest absolute Gasteiger partial charge is 0.308 e. The molecule has 2 rings (SSSR count). The zero-order valence-electron chi connectivity index (χ0n) is 9.99. The van der Waals surface area contributed by atoms with Gasteiger partial charge in [0, 0.05) is 24.5 Å². The first-order valence-electron chi connectivity index (χ1n) is 5.61. The molecule has 0 saturated heterocycles. The molecule has 0 spiro atoms. The highest BCUT2D eigenvalue weighted by Gasteiger charge is 2.10. The third-order valence-electron chi connectivity index (χ3n) is 2.56. The molecule has 0 amide bonds. The summed E-state index contributed by atoms with van der Waals surface area (Å²) in [4.78, 5) is 14.1. The second-order valence-corrected chi connectivity index (χ2v) is 4.27. The van der Waals surface area contributed by atoms with Crippen molar-refractivity contribution in [3.8, 4) is 5.75 Å². The summed E-state index contributed by atoms with van der Waals surface area (Å²) >= 11 is 0. The van der Waals surface area contributed by atoms with Crippen LogP contribution in [0.1, 0.15) is 19.4 Å². The van der Waals surface area contributed by atoms with Gasteiger partial charge in [0.05, 0.1) is 5.52 Å². The Kier molecular flexibility index (Phi) is 3.15. The molecule has 0 unspecified atom stereocenters. The number of H-pyrrole nitrogens is 1. The number of fused-ring (bicyclic) bond motifs is 1. The number of rotatable bonds is 3. The lowest BCUT2D eigenvalue weighted by Gasteiger charge is -2.05. The Bertz CT molecular complexity index is 543. The molecule has 0 aliphatic heterocycles. The number of nitrogens with one attached hydrogen (secondary N) is 1. The number of nitrogens with two attached hydrogens (primary N) is 1. The Morgan fingerprint density at radius 3 is 2.94 bits per heavy atom.